The second-order valence-electron chi connectivity index (χ2n) is 3.19. The fourth-order valence-corrected chi connectivity index (χ4v) is 2.53. The summed E-state index contributed by atoms with van der Waals surface area (Å²) >= 11 is 1.25. The Balaban J connectivity index is 0. The van der Waals surface area contributed by atoms with Gasteiger partial charge in [-0.15, -0.1) is 0 Å². The van der Waals surface area contributed by atoms with Gasteiger partial charge in [0.2, 0.25) is 0 Å². The summed E-state index contributed by atoms with van der Waals surface area (Å²) in [6.07, 6.45) is 7.67. The first kappa shape index (κ1) is 17.2. The van der Waals surface area contributed by atoms with E-state index in [9.17, 15) is 0 Å². The van der Waals surface area contributed by atoms with Gasteiger partial charge in [-0.3, -0.25) is 0 Å². The first-order valence-corrected chi connectivity index (χ1v) is 6.16. The molecule has 0 heterocycles. The zero-order chi connectivity index (χ0) is 8.27. The summed E-state index contributed by atoms with van der Waals surface area (Å²) in [5.74, 6) is 0. The van der Waals surface area contributed by atoms with Crippen molar-refractivity contribution in [1.82, 2.24) is 0 Å². The summed E-state index contributed by atoms with van der Waals surface area (Å²) in [6.45, 7) is 4.54. The molecule has 1 aliphatic carbocycles. The summed E-state index contributed by atoms with van der Waals surface area (Å²) in [7, 11) is 0. The van der Waals surface area contributed by atoms with Crippen LogP contribution in [0.1, 0.15) is 39.5 Å². The van der Waals surface area contributed by atoms with E-state index in [0.717, 1.165) is 0 Å². The smallest absolute Gasteiger partial charge is 1.00 e. The Bertz CT molecular complexity index is 207. The predicted octanol–water partition coefficient (Wildman–Crippen LogP) is -2.66. The summed E-state index contributed by atoms with van der Waals surface area (Å²) in [6, 6.07) is 0. The molecular formula is C10H15HfI2. The predicted molar refractivity (Wildman–Crippen MR) is 44.9 cm³/mol. The Morgan fingerprint density at radius 1 is 1.38 bits per heavy atom. The van der Waals surface area contributed by atoms with Gasteiger partial charge >= 0.3 is 84.5 Å². The quantitative estimate of drug-likeness (QED) is 0.258. The number of hydrogen-bond donors (Lipinski definition) is 0. The average Bonchev–Trinajstić information content (AvgIpc) is 2.31. The van der Waals surface area contributed by atoms with Crippen molar-refractivity contribution in [3.8, 4) is 0 Å². The van der Waals surface area contributed by atoms with Crippen molar-refractivity contribution in [2.24, 2.45) is 0 Å². The van der Waals surface area contributed by atoms with Crippen LogP contribution in [-0.4, -0.2) is 0 Å². The second kappa shape index (κ2) is 9.07. The van der Waals surface area contributed by atoms with Crippen LogP contribution < -0.4 is 48.0 Å². The van der Waals surface area contributed by atoms with Gasteiger partial charge in [0, 0.05) is 0 Å². The van der Waals surface area contributed by atoms with Crippen molar-refractivity contribution in [3.63, 3.8) is 0 Å². The Hall–Kier alpha value is 1.81. The molecule has 0 aliphatic heterocycles. The van der Waals surface area contributed by atoms with Crippen molar-refractivity contribution >= 4 is 0 Å². The third-order valence-electron chi connectivity index (χ3n) is 2.20. The van der Waals surface area contributed by atoms with E-state index in [1.807, 2.05) is 0 Å². The van der Waals surface area contributed by atoms with E-state index in [1.54, 1.807) is 14.5 Å². The molecule has 0 aromatic carbocycles. The summed E-state index contributed by atoms with van der Waals surface area (Å²) in [5.41, 5.74) is 3.29. The minimum Gasteiger partial charge on any atom is -1.00 e. The Labute approximate surface area is 131 Å². The minimum atomic E-state index is 0. The Morgan fingerprint density at radius 3 is 2.38 bits per heavy atom. The molecule has 3 heteroatoms. The molecule has 0 aromatic heterocycles. The zero-order valence-corrected chi connectivity index (χ0v) is 16.1. The summed E-state index contributed by atoms with van der Waals surface area (Å²) < 4.78 is 1.69. The number of allylic oxidation sites excluding steroid dienone is 4. The van der Waals surface area contributed by atoms with Crippen molar-refractivity contribution < 1.29 is 72.3 Å². The molecule has 1 rings (SSSR count). The molecular weight excluding hydrogens is 552 g/mol. The van der Waals surface area contributed by atoms with Gasteiger partial charge < -0.3 is 48.0 Å². The molecule has 0 spiro atoms. The normalized spacial score (nSPS) is 14.9. The fraction of sp³-hybridized carbons (Fsp3) is 0.600. The minimum absolute atomic E-state index is 0. The zero-order valence-electron chi connectivity index (χ0n) is 8.16. The average molecular weight is 568 g/mol. The van der Waals surface area contributed by atoms with Gasteiger partial charge in [-0.05, 0) is 0 Å². The van der Waals surface area contributed by atoms with Crippen molar-refractivity contribution in [2.45, 2.75) is 39.5 Å². The maximum absolute atomic E-state index is 2.42. The molecule has 0 N–H and O–H groups in total. The number of unbranched alkanes of at least 4 members (excludes halogenated alkanes) is 1. The fourth-order valence-electron chi connectivity index (χ4n) is 1.35. The molecule has 0 bridgehead atoms. The summed E-state index contributed by atoms with van der Waals surface area (Å²) in [5, 5.41) is 0. The third-order valence-corrected chi connectivity index (χ3v) is 4.89. The van der Waals surface area contributed by atoms with Crippen LogP contribution in [-0.2, 0) is 24.4 Å². The van der Waals surface area contributed by atoms with Crippen LogP contribution in [0.2, 0.25) is 0 Å². The van der Waals surface area contributed by atoms with Crippen molar-refractivity contribution in [2.75, 3.05) is 0 Å². The van der Waals surface area contributed by atoms with Crippen LogP contribution in [0.5, 0.6) is 0 Å². The standard InChI is InChI=1S/C10H15.Hf.2HI/c1-3-4-5-10-7-6-9(2)8-10;;;/h7H,3-6H2,1-2H3;;2*1H/q;+2;;/p-2. The first-order valence-electron chi connectivity index (χ1n) is 4.36. The molecule has 0 fully saturated rings. The van der Waals surface area contributed by atoms with E-state index in [0.29, 0.717) is 0 Å². The van der Waals surface area contributed by atoms with E-state index in [4.69, 9.17) is 0 Å². The van der Waals surface area contributed by atoms with Gasteiger partial charge in [-0.1, -0.05) is 0 Å². The van der Waals surface area contributed by atoms with Crippen LogP contribution in [0, 0.1) is 0 Å². The van der Waals surface area contributed by atoms with Crippen LogP contribution in [0.4, 0.5) is 0 Å². The largest absolute Gasteiger partial charge is 1.00 e. The van der Waals surface area contributed by atoms with Crippen LogP contribution in [0.25, 0.3) is 0 Å². The molecule has 0 saturated carbocycles. The molecule has 0 atom stereocenters. The van der Waals surface area contributed by atoms with E-state index in [2.05, 4.69) is 19.9 Å². The topological polar surface area (TPSA) is 0 Å². The maximum atomic E-state index is 2.42. The van der Waals surface area contributed by atoms with Gasteiger partial charge in [-0.25, -0.2) is 0 Å². The monoisotopic (exact) mass is 569 g/mol. The summed E-state index contributed by atoms with van der Waals surface area (Å²) in [4.78, 5) is 0. The van der Waals surface area contributed by atoms with E-state index < -0.39 is 0 Å². The Morgan fingerprint density at radius 2 is 2.00 bits per heavy atom. The van der Waals surface area contributed by atoms with Gasteiger partial charge in [-0.2, -0.15) is 0 Å². The van der Waals surface area contributed by atoms with Gasteiger partial charge in [0.05, 0.1) is 0 Å². The van der Waals surface area contributed by atoms with Crippen LogP contribution in [0.15, 0.2) is 20.6 Å². The SMILES string of the molecule is CCCCC1=CCC(C)=[C]1[Hf+2].[I-].[I-]. The molecule has 0 unspecified atom stereocenters. The van der Waals surface area contributed by atoms with Crippen LogP contribution >= 0.6 is 0 Å². The van der Waals surface area contributed by atoms with Gasteiger partial charge in [0.15, 0.2) is 0 Å². The molecule has 73 valence electrons. The molecule has 0 radical (unpaired) electrons. The number of rotatable bonds is 3. The first-order chi connectivity index (χ1) is 5.25. The molecule has 0 aromatic rings. The van der Waals surface area contributed by atoms with Crippen molar-refractivity contribution in [1.29, 1.82) is 0 Å². The second-order valence-corrected chi connectivity index (χ2v) is 4.99. The third kappa shape index (κ3) is 5.44. The number of hydrogen-bond acceptors (Lipinski definition) is 0. The maximum Gasteiger partial charge on any atom is -1.00 e. The van der Waals surface area contributed by atoms with E-state index in [1.165, 1.54) is 50.1 Å². The Kier molecular flexibility index (Phi) is 12.0. The molecule has 13 heavy (non-hydrogen) atoms. The molecule has 0 amide bonds. The van der Waals surface area contributed by atoms with Crippen LogP contribution in [0.3, 0.4) is 0 Å². The van der Waals surface area contributed by atoms with Gasteiger partial charge in [0.25, 0.3) is 0 Å². The van der Waals surface area contributed by atoms with E-state index in [-0.39, 0.29) is 48.0 Å². The van der Waals surface area contributed by atoms with E-state index >= 15 is 0 Å². The molecule has 1 aliphatic rings. The van der Waals surface area contributed by atoms with Gasteiger partial charge in [0.1, 0.15) is 0 Å². The molecule has 0 saturated heterocycles. The number of halogens is 2. The molecule has 0 nitrogen and oxygen atoms in total. The van der Waals surface area contributed by atoms with Crippen molar-refractivity contribution in [3.05, 3.63) is 20.6 Å².